The fraction of sp³-hybridized carbons (Fsp3) is 0.216. The number of aromatic nitrogens is 1. The lowest BCUT2D eigenvalue weighted by Crippen LogP contribution is -2.28. The largest absolute Gasteiger partial charge is 0.481 e. The maximum absolute atomic E-state index is 13.2. The van der Waals surface area contributed by atoms with Crippen LogP contribution >= 0.6 is 0 Å². The number of allylic oxidation sites excluding steroid dienone is 1. The first-order valence-corrected chi connectivity index (χ1v) is 15.2. The van der Waals surface area contributed by atoms with Crippen LogP contribution in [0.15, 0.2) is 102 Å². The van der Waals surface area contributed by atoms with E-state index in [2.05, 4.69) is 21.4 Å². The number of rotatable bonds is 10. The summed E-state index contributed by atoms with van der Waals surface area (Å²) in [7, 11) is 0. The number of Topliss-reactive ketones (excluding diaryl/α,β-unsaturated/α-hetero) is 1. The molecular weight excluding hydrogens is 580 g/mol. The number of ketones is 1. The van der Waals surface area contributed by atoms with E-state index in [0.29, 0.717) is 23.2 Å². The maximum Gasteiger partial charge on any atom is 0.305 e. The molecule has 9 nitrogen and oxygen atoms in total. The molecule has 0 fully saturated rings. The molecule has 3 heterocycles. The quantitative estimate of drug-likeness (QED) is 0.215. The van der Waals surface area contributed by atoms with E-state index < -0.39 is 17.6 Å². The topological polar surface area (TPSA) is 132 Å². The first-order chi connectivity index (χ1) is 22.1. The summed E-state index contributed by atoms with van der Waals surface area (Å²) < 4.78 is 0. The molecule has 2 amide bonds. The fourth-order valence-corrected chi connectivity index (χ4v) is 6.10. The zero-order chi connectivity index (χ0) is 32.4. The van der Waals surface area contributed by atoms with Crippen molar-refractivity contribution in [3.63, 3.8) is 0 Å². The van der Waals surface area contributed by atoms with Gasteiger partial charge in [-0.15, -0.1) is 0 Å². The Labute approximate surface area is 266 Å². The Kier molecular flexibility index (Phi) is 8.23. The van der Waals surface area contributed by atoms with Gasteiger partial charge >= 0.3 is 5.97 Å². The summed E-state index contributed by atoms with van der Waals surface area (Å²) in [5, 5.41) is 11.9. The smallest absolute Gasteiger partial charge is 0.305 e. The van der Waals surface area contributed by atoms with Gasteiger partial charge in [0.2, 0.25) is 5.91 Å². The lowest BCUT2D eigenvalue weighted by Gasteiger charge is -2.21. The molecule has 3 aromatic carbocycles. The molecule has 0 radical (unpaired) electrons. The molecule has 0 saturated carbocycles. The summed E-state index contributed by atoms with van der Waals surface area (Å²) in [6.07, 6.45) is 6.02. The Morgan fingerprint density at radius 2 is 1.76 bits per heavy atom. The van der Waals surface area contributed by atoms with E-state index in [-0.39, 0.29) is 30.4 Å². The summed E-state index contributed by atoms with van der Waals surface area (Å²) in [5.41, 5.74) is 6.65. The molecule has 4 aromatic rings. The highest BCUT2D eigenvalue weighted by molar-refractivity contribution is 6.15. The van der Waals surface area contributed by atoms with Crippen molar-refractivity contribution in [3.05, 3.63) is 125 Å². The number of para-hydroxylation sites is 1. The number of fused-ring (bicyclic) bond motifs is 1. The van der Waals surface area contributed by atoms with Crippen LogP contribution in [-0.2, 0) is 32.8 Å². The van der Waals surface area contributed by atoms with Crippen molar-refractivity contribution in [2.24, 2.45) is 4.99 Å². The second kappa shape index (κ2) is 12.4. The number of benzene rings is 3. The Bertz CT molecular complexity index is 1870. The highest BCUT2D eigenvalue weighted by Gasteiger charge is 2.30. The van der Waals surface area contributed by atoms with Crippen LogP contribution in [-0.4, -0.2) is 46.4 Å². The minimum absolute atomic E-state index is 0.0310. The van der Waals surface area contributed by atoms with Gasteiger partial charge in [-0.2, -0.15) is 0 Å². The molecule has 2 aliphatic heterocycles. The summed E-state index contributed by atoms with van der Waals surface area (Å²) in [4.78, 5) is 59.0. The van der Waals surface area contributed by atoms with E-state index in [1.54, 1.807) is 24.5 Å². The molecule has 2 atom stereocenters. The first kappa shape index (κ1) is 30.5. The number of amides is 2. The number of hydrogen-bond donors (Lipinski definition) is 3. The van der Waals surface area contributed by atoms with Gasteiger partial charge in [-0.1, -0.05) is 66.7 Å². The van der Waals surface area contributed by atoms with E-state index in [1.165, 1.54) is 12.5 Å². The third-order valence-electron chi connectivity index (χ3n) is 8.58. The molecule has 0 bridgehead atoms. The first-order valence-electron chi connectivity index (χ1n) is 15.2. The van der Waals surface area contributed by atoms with Gasteiger partial charge in [0.05, 0.1) is 18.0 Å². The van der Waals surface area contributed by atoms with Gasteiger partial charge in [0, 0.05) is 49.3 Å². The second-order valence-electron chi connectivity index (χ2n) is 11.9. The van der Waals surface area contributed by atoms with Gasteiger partial charge < -0.3 is 20.3 Å². The molecule has 2 unspecified atom stereocenters. The van der Waals surface area contributed by atoms with Crippen molar-refractivity contribution < 1.29 is 24.3 Å². The third-order valence-corrected chi connectivity index (χ3v) is 8.58. The Morgan fingerprint density at radius 3 is 2.48 bits per heavy atom. The molecule has 3 N–H and O–H groups in total. The predicted molar refractivity (Wildman–Crippen MR) is 176 cm³/mol. The number of nitrogens with one attached hydrogen (secondary N) is 2. The number of aliphatic imine (C=N–C) groups is 1. The van der Waals surface area contributed by atoms with Crippen LogP contribution in [0.4, 0.5) is 5.69 Å². The molecule has 0 spiro atoms. The van der Waals surface area contributed by atoms with Gasteiger partial charge in [-0.25, -0.2) is 0 Å². The van der Waals surface area contributed by atoms with E-state index in [1.807, 2.05) is 78.6 Å². The number of aromatic amines is 1. The highest BCUT2D eigenvalue weighted by Crippen LogP contribution is 2.34. The molecule has 232 valence electrons. The molecular formula is C37H34N4O5. The zero-order valence-electron chi connectivity index (χ0n) is 25.6. The van der Waals surface area contributed by atoms with Crippen molar-refractivity contribution in [1.29, 1.82) is 0 Å². The minimum Gasteiger partial charge on any atom is -0.481 e. The lowest BCUT2D eigenvalue weighted by molar-refractivity contribution is -0.137. The van der Waals surface area contributed by atoms with Crippen molar-refractivity contribution in [2.45, 2.75) is 44.7 Å². The minimum atomic E-state index is -1.01. The number of anilines is 1. The van der Waals surface area contributed by atoms with E-state index in [9.17, 15) is 24.3 Å². The Balaban J connectivity index is 1.09. The Morgan fingerprint density at radius 1 is 1.02 bits per heavy atom. The SMILES string of the molecule is CC(=O)NC(CC(=O)O)c1ccc(C2(C)C=C(C(=O)Cc3ccc(-c4cc(C(=O)N5CCc6ccccc65)c[nH]4)cc3)C=N2)cc1. The van der Waals surface area contributed by atoms with Crippen molar-refractivity contribution in [3.8, 4) is 11.3 Å². The molecule has 2 aliphatic rings. The number of carboxylic acid groups (broad SMARTS) is 1. The zero-order valence-corrected chi connectivity index (χ0v) is 25.6. The van der Waals surface area contributed by atoms with Crippen LogP contribution < -0.4 is 10.2 Å². The van der Waals surface area contributed by atoms with Crippen LogP contribution in [0.25, 0.3) is 11.3 Å². The normalized spacial score (nSPS) is 17.3. The average molecular weight is 615 g/mol. The van der Waals surface area contributed by atoms with E-state index >= 15 is 0 Å². The number of H-pyrrole nitrogens is 1. The maximum atomic E-state index is 13.2. The van der Waals surface area contributed by atoms with Gasteiger partial charge in [-0.3, -0.25) is 24.2 Å². The van der Waals surface area contributed by atoms with Gasteiger partial charge in [0.1, 0.15) is 5.54 Å². The fourth-order valence-electron chi connectivity index (χ4n) is 6.10. The number of carboxylic acids is 1. The molecule has 0 aliphatic carbocycles. The molecule has 46 heavy (non-hydrogen) atoms. The molecule has 1 aromatic heterocycles. The standard InChI is InChI=1S/C37H34N4O5/c1-23(42)40-32(19-35(44)45)26-11-13-30(14-12-26)37(2)20-29(22-39-37)34(43)17-24-7-9-25(10-8-24)31-18-28(21-38-31)36(46)41-16-15-27-5-3-4-6-33(27)41/h3-14,18,20-22,32,38H,15-17,19H2,1-2H3,(H,40,42)(H,44,45). The number of carbonyl (C=O) groups is 4. The van der Waals surface area contributed by atoms with Crippen molar-refractivity contribution in [2.75, 3.05) is 11.4 Å². The molecule has 0 saturated heterocycles. The number of nitrogens with zero attached hydrogens (tertiary/aromatic N) is 2. The van der Waals surface area contributed by atoms with Crippen LogP contribution in [0.2, 0.25) is 0 Å². The van der Waals surface area contributed by atoms with Crippen LogP contribution in [0, 0.1) is 0 Å². The van der Waals surface area contributed by atoms with Crippen molar-refractivity contribution in [1.82, 2.24) is 10.3 Å². The van der Waals surface area contributed by atoms with E-state index in [4.69, 9.17) is 0 Å². The number of aliphatic carboxylic acids is 1. The second-order valence-corrected chi connectivity index (χ2v) is 11.9. The molecule has 6 rings (SSSR count). The average Bonchev–Trinajstić information content (AvgIpc) is 3.80. The van der Waals surface area contributed by atoms with Crippen LogP contribution in [0.1, 0.15) is 58.9 Å². The van der Waals surface area contributed by atoms with Crippen molar-refractivity contribution >= 4 is 35.5 Å². The third kappa shape index (κ3) is 6.30. The predicted octanol–water partition coefficient (Wildman–Crippen LogP) is 5.57. The summed E-state index contributed by atoms with van der Waals surface area (Å²) in [5.74, 6) is -1.40. The highest BCUT2D eigenvalue weighted by atomic mass is 16.4. The summed E-state index contributed by atoms with van der Waals surface area (Å²) in [6.45, 7) is 3.93. The van der Waals surface area contributed by atoms with Gasteiger partial charge in [0.25, 0.3) is 5.91 Å². The van der Waals surface area contributed by atoms with E-state index in [0.717, 1.165) is 34.5 Å². The van der Waals surface area contributed by atoms with Crippen LogP contribution in [0.5, 0.6) is 0 Å². The monoisotopic (exact) mass is 614 g/mol. The summed E-state index contributed by atoms with van der Waals surface area (Å²) in [6, 6.07) is 24.2. The number of carbonyl (C=O) groups excluding carboxylic acids is 3. The Hall–Kier alpha value is -5.57. The lowest BCUT2D eigenvalue weighted by atomic mass is 9.89. The van der Waals surface area contributed by atoms with Gasteiger partial charge in [0.15, 0.2) is 5.78 Å². The van der Waals surface area contributed by atoms with Gasteiger partial charge in [-0.05, 0) is 59.4 Å². The molecule has 9 heteroatoms. The van der Waals surface area contributed by atoms with Crippen LogP contribution in [0.3, 0.4) is 0 Å². The summed E-state index contributed by atoms with van der Waals surface area (Å²) >= 11 is 0. The number of hydrogen-bond acceptors (Lipinski definition) is 5.